The summed E-state index contributed by atoms with van der Waals surface area (Å²) in [5.74, 6) is -0.700. The van der Waals surface area contributed by atoms with Crippen molar-refractivity contribution in [3.63, 3.8) is 0 Å². The SMILES string of the molecule is CN(C)c1nc(NC2CCC(CNC(=O)COCc3ccccc3)CC2)nc2ccccc12.O=C(O)C(F)(F)F. The van der Waals surface area contributed by atoms with Crippen molar-refractivity contribution in [2.45, 2.75) is 44.5 Å². The van der Waals surface area contributed by atoms with Crippen LogP contribution in [0.2, 0.25) is 0 Å². The summed E-state index contributed by atoms with van der Waals surface area (Å²) in [5.41, 5.74) is 2.02. The summed E-state index contributed by atoms with van der Waals surface area (Å²) in [6, 6.07) is 18.3. The number of hydrogen-bond donors (Lipinski definition) is 3. The fraction of sp³-hybridized carbons (Fsp3) is 0.429. The number of nitrogens with one attached hydrogen (secondary N) is 2. The number of anilines is 2. The second kappa shape index (κ2) is 14.5. The first-order valence-electron chi connectivity index (χ1n) is 12.9. The summed E-state index contributed by atoms with van der Waals surface area (Å²) in [7, 11) is 4.01. The summed E-state index contributed by atoms with van der Waals surface area (Å²) in [6.45, 7) is 1.26. The zero-order valence-corrected chi connectivity index (χ0v) is 22.4. The molecule has 12 heteroatoms. The average molecular weight is 562 g/mol. The number of carboxylic acid groups (broad SMARTS) is 1. The van der Waals surface area contributed by atoms with E-state index < -0.39 is 12.1 Å². The van der Waals surface area contributed by atoms with Crippen LogP contribution in [0.1, 0.15) is 31.2 Å². The minimum Gasteiger partial charge on any atom is -0.475 e. The Hall–Kier alpha value is -3.93. The van der Waals surface area contributed by atoms with Gasteiger partial charge in [-0.1, -0.05) is 42.5 Å². The van der Waals surface area contributed by atoms with Crippen LogP contribution in [0.3, 0.4) is 0 Å². The van der Waals surface area contributed by atoms with E-state index in [2.05, 4.69) is 16.7 Å². The van der Waals surface area contributed by atoms with Crippen LogP contribution in [0.25, 0.3) is 10.9 Å². The molecular formula is C28H34F3N5O4. The lowest BCUT2D eigenvalue weighted by atomic mass is 9.86. The van der Waals surface area contributed by atoms with E-state index in [1.807, 2.05) is 67.5 Å². The first-order valence-corrected chi connectivity index (χ1v) is 12.9. The second-order valence-corrected chi connectivity index (χ2v) is 9.73. The van der Waals surface area contributed by atoms with Gasteiger partial charge in [0.05, 0.1) is 12.1 Å². The molecule has 0 aliphatic heterocycles. The maximum absolute atomic E-state index is 12.1. The number of amides is 1. The zero-order chi connectivity index (χ0) is 29.1. The first kappa shape index (κ1) is 30.6. The Morgan fingerprint density at radius 3 is 2.25 bits per heavy atom. The Bertz CT molecular complexity index is 1250. The second-order valence-electron chi connectivity index (χ2n) is 9.73. The number of carbonyl (C=O) groups is 2. The van der Waals surface area contributed by atoms with Gasteiger partial charge in [0, 0.05) is 32.1 Å². The maximum atomic E-state index is 12.1. The van der Waals surface area contributed by atoms with E-state index in [1.54, 1.807) is 0 Å². The van der Waals surface area contributed by atoms with Gasteiger partial charge in [-0.05, 0) is 49.3 Å². The number of aromatic nitrogens is 2. The van der Waals surface area contributed by atoms with Crippen LogP contribution in [-0.2, 0) is 20.9 Å². The first-order chi connectivity index (χ1) is 19.0. The molecule has 3 aromatic rings. The summed E-state index contributed by atoms with van der Waals surface area (Å²) in [4.78, 5) is 32.5. The Labute approximate surface area is 230 Å². The van der Waals surface area contributed by atoms with Crippen LogP contribution in [0.15, 0.2) is 54.6 Å². The Kier molecular flexibility index (Phi) is 11.1. The molecule has 1 aromatic heterocycles. The topological polar surface area (TPSA) is 117 Å². The fourth-order valence-electron chi connectivity index (χ4n) is 4.30. The van der Waals surface area contributed by atoms with Gasteiger partial charge in [-0.2, -0.15) is 18.2 Å². The minimum atomic E-state index is -5.08. The molecule has 1 aliphatic rings. The van der Waals surface area contributed by atoms with Crippen LogP contribution in [0.4, 0.5) is 24.9 Å². The highest BCUT2D eigenvalue weighted by molar-refractivity contribution is 5.90. The molecule has 0 unspecified atom stereocenters. The van der Waals surface area contributed by atoms with Gasteiger partial charge in [-0.25, -0.2) is 9.78 Å². The van der Waals surface area contributed by atoms with Crippen molar-refractivity contribution in [1.82, 2.24) is 15.3 Å². The molecular weight excluding hydrogens is 527 g/mol. The molecule has 1 fully saturated rings. The standard InChI is InChI=1S/C26H33N5O2.C2HF3O2/c1-31(2)25-22-10-6-7-11-23(22)29-26(30-25)28-21-14-12-19(13-15-21)16-27-24(32)18-33-17-20-8-4-3-5-9-20;3-2(4,5)1(6)7/h3-11,19,21H,12-18H2,1-2H3,(H,27,32)(H,28,29,30);(H,6,7). The maximum Gasteiger partial charge on any atom is 0.490 e. The highest BCUT2D eigenvalue weighted by Gasteiger charge is 2.38. The number of para-hydroxylation sites is 1. The number of hydrogen-bond acceptors (Lipinski definition) is 7. The summed E-state index contributed by atoms with van der Waals surface area (Å²) < 4.78 is 37.3. The molecule has 4 rings (SSSR count). The van der Waals surface area contributed by atoms with Gasteiger partial charge in [0.1, 0.15) is 12.4 Å². The van der Waals surface area contributed by atoms with E-state index in [0.717, 1.165) is 48.0 Å². The van der Waals surface area contributed by atoms with Crippen molar-refractivity contribution in [2.75, 3.05) is 37.5 Å². The molecule has 9 nitrogen and oxygen atoms in total. The fourth-order valence-corrected chi connectivity index (χ4v) is 4.30. The summed E-state index contributed by atoms with van der Waals surface area (Å²) in [5, 5.41) is 14.8. The molecule has 1 heterocycles. The number of aliphatic carboxylic acids is 1. The quantitative estimate of drug-likeness (QED) is 0.346. The monoisotopic (exact) mass is 561 g/mol. The van der Waals surface area contributed by atoms with Crippen molar-refractivity contribution in [2.24, 2.45) is 5.92 Å². The van der Waals surface area contributed by atoms with Gasteiger partial charge in [0.2, 0.25) is 11.9 Å². The van der Waals surface area contributed by atoms with Gasteiger partial charge in [-0.15, -0.1) is 0 Å². The lowest BCUT2D eigenvalue weighted by molar-refractivity contribution is -0.192. The van der Waals surface area contributed by atoms with Crippen molar-refractivity contribution >= 4 is 34.5 Å². The van der Waals surface area contributed by atoms with Crippen LogP contribution in [-0.4, -0.2) is 66.4 Å². The molecule has 1 amide bonds. The van der Waals surface area contributed by atoms with Gasteiger partial charge >= 0.3 is 12.1 Å². The van der Waals surface area contributed by atoms with Crippen molar-refractivity contribution < 1.29 is 32.6 Å². The van der Waals surface area contributed by atoms with E-state index in [4.69, 9.17) is 24.6 Å². The number of carboxylic acids is 1. The lowest BCUT2D eigenvalue weighted by Crippen LogP contribution is -2.35. The molecule has 40 heavy (non-hydrogen) atoms. The lowest BCUT2D eigenvalue weighted by Gasteiger charge is -2.29. The number of benzene rings is 2. The number of nitrogens with zero attached hydrogens (tertiary/aromatic N) is 3. The third-order valence-corrected chi connectivity index (χ3v) is 6.36. The summed E-state index contributed by atoms with van der Waals surface area (Å²) >= 11 is 0. The van der Waals surface area contributed by atoms with Gasteiger partial charge < -0.3 is 25.4 Å². The van der Waals surface area contributed by atoms with Crippen LogP contribution in [0, 0.1) is 5.92 Å². The number of halogens is 3. The largest absolute Gasteiger partial charge is 0.490 e. The van der Waals surface area contributed by atoms with Gasteiger partial charge in [-0.3, -0.25) is 4.79 Å². The molecule has 0 spiro atoms. The zero-order valence-electron chi connectivity index (χ0n) is 22.4. The summed E-state index contributed by atoms with van der Waals surface area (Å²) in [6.07, 6.45) is -0.870. The van der Waals surface area contributed by atoms with Crippen LogP contribution < -0.4 is 15.5 Å². The van der Waals surface area contributed by atoms with Gasteiger partial charge in [0.25, 0.3) is 0 Å². The number of ether oxygens (including phenoxy) is 1. The average Bonchev–Trinajstić information content (AvgIpc) is 2.92. The highest BCUT2D eigenvalue weighted by atomic mass is 19.4. The normalized spacial score (nSPS) is 16.9. The number of carbonyl (C=O) groups excluding carboxylic acids is 1. The molecule has 216 valence electrons. The predicted molar refractivity (Wildman–Crippen MR) is 146 cm³/mol. The van der Waals surface area contributed by atoms with E-state index in [-0.39, 0.29) is 12.5 Å². The molecule has 0 saturated heterocycles. The molecule has 0 bridgehead atoms. The van der Waals surface area contributed by atoms with Gasteiger partial charge in [0.15, 0.2) is 0 Å². The third-order valence-electron chi connectivity index (χ3n) is 6.36. The van der Waals surface area contributed by atoms with E-state index in [1.165, 1.54) is 0 Å². The molecule has 1 saturated carbocycles. The van der Waals surface area contributed by atoms with Crippen molar-refractivity contribution in [3.8, 4) is 0 Å². The Balaban J connectivity index is 0.000000559. The van der Waals surface area contributed by atoms with E-state index >= 15 is 0 Å². The Morgan fingerprint density at radius 1 is 1.00 bits per heavy atom. The van der Waals surface area contributed by atoms with E-state index in [9.17, 15) is 18.0 Å². The molecule has 2 aromatic carbocycles. The number of rotatable bonds is 9. The molecule has 0 atom stereocenters. The highest BCUT2D eigenvalue weighted by Crippen LogP contribution is 2.28. The van der Waals surface area contributed by atoms with Crippen LogP contribution in [0.5, 0.6) is 0 Å². The van der Waals surface area contributed by atoms with Crippen molar-refractivity contribution in [1.29, 1.82) is 0 Å². The third kappa shape index (κ3) is 9.67. The predicted octanol–water partition coefficient (Wildman–Crippen LogP) is 4.63. The minimum absolute atomic E-state index is 0.0491. The number of fused-ring (bicyclic) bond motifs is 1. The van der Waals surface area contributed by atoms with E-state index in [0.29, 0.717) is 31.1 Å². The number of alkyl halides is 3. The molecule has 1 aliphatic carbocycles. The smallest absolute Gasteiger partial charge is 0.475 e. The molecule has 0 radical (unpaired) electrons. The Morgan fingerprint density at radius 2 is 1.62 bits per heavy atom. The van der Waals surface area contributed by atoms with Crippen molar-refractivity contribution in [3.05, 3.63) is 60.2 Å². The van der Waals surface area contributed by atoms with Crippen LogP contribution >= 0.6 is 0 Å². The molecule has 3 N–H and O–H groups in total.